The third kappa shape index (κ3) is 3.27. The summed E-state index contributed by atoms with van der Waals surface area (Å²) in [4.78, 5) is 23.3. The quantitative estimate of drug-likeness (QED) is 0.823. The first kappa shape index (κ1) is 14.8. The van der Waals surface area contributed by atoms with Crippen molar-refractivity contribution in [3.63, 3.8) is 0 Å². The van der Waals surface area contributed by atoms with E-state index in [4.69, 9.17) is 0 Å². The highest BCUT2D eigenvalue weighted by Crippen LogP contribution is 2.44. The molecule has 2 rings (SSSR count). The van der Waals surface area contributed by atoms with Gasteiger partial charge in [0, 0.05) is 16.7 Å². The molecule has 0 saturated heterocycles. The van der Waals surface area contributed by atoms with Gasteiger partial charge in [0.2, 0.25) is 5.91 Å². The third-order valence-electron chi connectivity index (χ3n) is 4.15. The SMILES string of the molecule is CC(C)CC1(C(=O)Nc2ccc(C=O)cc2)CCCC1. The summed E-state index contributed by atoms with van der Waals surface area (Å²) in [6, 6.07) is 7.04. The number of anilines is 1. The van der Waals surface area contributed by atoms with Gasteiger partial charge in [0.25, 0.3) is 0 Å². The predicted molar refractivity (Wildman–Crippen MR) is 80.8 cm³/mol. The molecule has 1 aromatic carbocycles. The summed E-state index contributed by atoms with van der Waals surface area (Å²) >= 11 is 0. The number of amides is 1. The first-order valence-electron chi connectivity index (χ1n) is 7.42. The van der Waals surface area contributed by atoms with Gasteiger partial charge in [0.15, 0.2) is 0 Å². The van der Waals surface area contributed by atoms with Gasteiger partial charge in [-0.3, -0.25) is 9.59 Å². The maximum absolute atomic E-state index is 12.6. The number of hydrogen-bond acceptors (Lipinski definition) is 2. The van der Waals surface area contributed by atoms with Gasteiger partial charge < -0.3 is 5.32 Å². The predicted octanol–water partition coefficient (Wildman–Crippen LogP) is 4.04. The van der Waals surface area contributed by atoms with Crippen molar-refractivity contribution in [2.75, 3.05) is 5.32 Å². The van der Waals surface area contributed by atoms with Gasteiger partial charge in [-0.2, -0.15) is 0 Å². The normalized spacial score (nSPS) is 17.1. The Morgan fingerprint density at radius 2 is 1.85 bits per heavy atom. The van der Waals surface area contributed by atoms with E-state index in [-0.39, 0.29) is 11.3 Å². The second kappa shape index (κ2) is 6.21. The van der Waals surface area contributed by atoms with E-state index in [0.717, 1.165) is 44.1 Å². The maximum atomic E-state index is 12.6. The highest BCUT2D eigenvalue weighted by Gasteiger charge is 2.41. The Kier molecular flexibility index (Phi) is 4.58. The van der Waals surface area contributed by atoms with E-state index in [9.17, 15) is 9.59 Å². The lowest BCUT2D eigenvalue weighted by Crippen LogP contribution is -2.35. The fourth-order valence-electron chi connectivity index (χ4n) is 3.27. The average molecular weight is 273 g/mol. The number of rotatable bonds is 5. The highest BCUT2D eigenvalue weighted by atomic mass is 16.2. The van der Waals surface area contributed by atoms with Crippen LogP contribution in [0.15, 0.2) is 24.3 Å². The minimum Gasteiger partial charge on any atom is -0.326 e. The zero-order valence-corrected chi connectivity index (χ0v) is 12.3. The van der Waals surface area contributed by atoms with E-state index in [1.165, 1.54) is 0 Å². The molecular weight excluding hydrogens is 250 g/mol. The van der Waals surface area contributed by atoms with Crippen LogP contribution in [0, 0.1) is 11.3 Å². The van der Waals surface area contributed by atoms with E-state index in [1.54, 1.807) is 24.3 Å². The molecule has 0 aliphatic heterocycles. The van der Waals surface area contributed by atoms with Crippen LogP contribution in [0.4, 0.5) is 5.69 Å². The number of benzene rings is 1. The van der Waals surface area contributed by atoms with E-state index in [0.29, 0.717) is 11.5 Å². The van der Waals surface area contributed by atoms with Crippen LogP contribution in [-0.2, 0) is 4.79 Å². The van der Waals surface area contributed by atoms with Gasteiger partial charge in [0.05, 0.1) is 0 Å². The van der Waals surface area contributed by atoms with Gasteiger partial charge in [-0.25, -0.2) is 0 Å². The molecule has 1 saturated carbocycles. The largest absolute Gasteiger partial charge is 0.326 e. The summed E-state index contributed by atoms with van der Waals surface area (Å²) in [6.07, 6.45) is 6.02. The number of nitrogens with one attached hydrogen (secondary N) is 1. The van der Waals surface area contributed by atoms with Crippen LogP contribution in [0.3, 0.4) is 0 Å². The summed E-state index contributed by atoms with van der Waals surface area (Å²) in [5.41, 5.74) is 1.20. The van der Waals surface area contributed by atoms with Crippen molar-refractivity contribution in [1.29, 1.82) is 0 Å². The topological polar surface area (TPSA) is 46.2 Å². The van der Waals surface area contributed by atoms with Gasteiger partial charge in [-0.05, 0) is 49.4 Å². The van der Waals surface area contributed by atoms with Gasteiger partial charge in [-0.1, -0.05) is 26.7 Å². The monoisotopic (exact) mass is 273 g/mol. The number of carbonyl (C=O) groups excluding carboxylic acids is 2. The fraction of sp³-hybridized carbons (Fsp3) is 0.529. The van der Waals surface area contributed by atoms with Crippen LogP contribution in [0.1, 0.15) is 56.3 Å². The molecule has 1 fully saturated rings. The van der Waals surface area contributed by atoms with Crippen LogP contribution in [-0.4, -0.2) is 12.2 Å². The summed E-state index contributed by atoms with van der Waals surface area (Å²) < 4.78 is 0. The Bertz CT molecular complexity index is 470. The molecule has 0 unspecified atom stereocenters. The van der Waals surface area contributed by atoms with Crippen LogP contribution in [0.5, 0.6) is 0 Å². The van der Waals surface area contributed by atoms with Crippen molar-refractivity contribution in [1.82, 2.24) is 0 Å². The molecule has 0 spiro atoms. The van der Waals surface area contributed by atoms with Crippen molar-refractivity contribution in [3.8, 4) is 0 Å². The molecule has 1 aliphatic carbocycles. The number of carbonyl (C=O) groups is 2. The molecule has 0 heterocycles. The van der Waals surface area contributed by atoms with Crippen molar-refractivity contribution in [2.24, 2.45) is 11.3 Å². The van der Waals surface area contributed by atoms with Crippen molar-refractivity contribution >= 4 is 17.9 Å². The molecule has 1 amide bonds. The molecule has 108 valence electrons. The van der Waals surface area contributed by atoms with Crippen molar-refractivity contribution in [2.45, 2.75) is 46.0 Å². The Morgan fingerprint density at radius 1 is 1.25 bits per heavy atom. The molecule has 1 aromatic rings. The molecule has 0 atom stereocenters. The highest BCUT2D eigenvalue weighted by molar-refractivity contribution is 5.95. The molecular formula is C17H23NO2. The molecule has 0 bridgehead atoms. The summed E-state index contributed by atoms with van der Waals surface area (Å²) in [6.45, 7) is 4.35. The van der Waals surface area contributed by atoms with E-state index < -0.39 is 0 Å². The first-order chi connectivity index (χ1) is 9.55. The smallest absolute Gasteiger partial charge is 0.230 e. The second-order valence-corrected chi connectivity index (χ2v) is 6.28. The Hall–Kier alpha value is -1.64. The average Bonchev–Trinajstić information content (AvgIpc) is 2.88. The summed E-state index contributed by atoms with van der Waals surface area (Å²) in [5, 5.41) is 3.03. The van der Waals surface area contributed by atoms with Gasteiger partial charge in [-0.15, -0.1) is 0 Å². The Morgan fingerprint density at radius 3 is 2.35 bits per heavy atom. The van der Waals surface area contributed by atoms with Crippen molar-refractivity contribution in [3.05, 3.63) is 29.8 Å². The molecule has 3 heteroatoms. The molecule has 3 nitrogen and oxygen atoms in total. The number of hydrogen-bond donors (Lipinski definition) is 1. The molecule has 20 heavy (non-hydrogen) atoms. The minimum absolute atomic E-state index is 0.141. The summed E-state index contributed by atoms with van der Waals surface area (Å²) in [5.74, 6) is 0.666. The van der Waals surface area contributed by atoms with E-state index in [2.05, 4.69) is 19.2 Å². The maximum Gasteiger partial charge on any atom is 0.230 e. The van der Waals surface area contributed by atoms with Gasteiger partial charge >= 0.3 is 0 Å². The van der Waals surface area contributed by atoms with Crippen LogP contribution in [0.2, 0.25) is 0 Å². The lowest BCUT2D eigenvalue weighted by Gasteiger charge is -2.29. The van der Waals surface area contributed by atoms with Crippen LogP contribution in [0.25, 0.3) is 0 Å². The van der Waals surface area contributed by atoms with Gasteiger partial charge in [0.1, 0.15) is 6.29 Å². The number of aldehydes is 1. The fourth-order valence-corrected chi connectivity index (χ4v) is 3.27. The standard InChI is InChI=1S/C17H23NO2/c1-13(2)11-17(9-3-4-10-17)16(20)18-15-7-5-14(12-19)6-8-15/h5-8,12-13H,3-4,9-11H2,1-2H3,(H,18,20). The Balaban J connectivity index is 2.09. The molecule has 0 aromatic heterocycles. The zero-order chi connectivity index (χ0) is 14.6. The lowest BCUT2D eigenvalue weighted by atomic mass is 9.77. The summed E-state index contributed by atoms with van der Waals surface area (Å²) in [7, 11) is 0. The van der Waals surface area contributed by atoms with E-state index >= 15 is 0 Å². The van der Waals surface area contributed by atoms with Crippen LogP contribution < -0.4 is 5.32 Å². The molecule has 0 radical (unpaired) electrons. The van der Waals surface area contributed by atoms with E-state index in [1.807, 2.05) is 0 Å². The zero-order valence-electron chi connectivity index (χ0n) is 12.3. The Labute approximate surface area is 120 Å². The first-order valence-corrected chi connectivity index (χ1v) is 7.42. The molecule has 1 aliphatic rings. The van der Waals surface area contributed by atoms with Crippen LogP contribution >= 0.6 is 0 Å². The molecule has 1 N–H and O–H groups in total. The second-order valence-electron chi connectivity index (χ2n) is 6.28. The lowest BCUT2D eigenvalue weighted by molar-refractivity contribution is -0.126. The minimum atomic E-state index is -0.197. The third-order valence-corrected chi connectivity index (χ3v) is 4.15. The van der Waals surface area contributed by atoms with Crippen molar-refractivity contribution < 1.29 is 9.59 Å².